The predicted molar refractivity (Wildman–Crippen MR) is 67.9 cm³/mol. The number of aryl methyl sites for hydroxylation is 1. The Kier molecular flexibility index (Phi) is 3.74. The molecule has 0 aromatic carbocycles. The van der Waals surface area contributed by atoms with Gasteiger partial charge in [-0.3, -0.25) is 4.79 Å². The number of hydrogen-bond donors (Lipinski definition) is 2. The summed E-state index contributed by atoms with van der Waals surface area (Å²) in [5, 5.41) is 3.31. The fourth-order valence-electron chi connectivity index (χ4n) is 2.23. The highest BCUT2D eigenvalue weighted by atomic mass is 16.1. The van der Waals surface area contributed by atoms with Gasteiger partial charge in [-0.25, -0.2) is 4.98 Å². The second-order valence-electron chi connectivity index (χ2n) is 4.77. The van der Waals surface area contributed by atoms with Crippen LogP contribution in [-0.2, 0) is 0 Å². The molecule has 2 heterocycles. The molecule has 92 valence electrons. The first-order valence-corrected chi connectivity index (χ1v) is 6.13. The number of hydrogen-bond acceptors (Lipinski definition) is 4. The maximum atomic E-state index is 12.0. The fourth-order valence-corrected chi connectivity index (χ4v) is 2.23. The van der Waals surface area contributed by atoms with E-state index in [1.807, 2.05) is 13.0 Å². The van der Waals surface area contributed by atoms with E-state index >= 15 is 0 Å². The van der Waals surface area contributed by atoms with Crippen molar-refractivity contribution in [2.75, 3.05) is 18.8 Å². The third-order valence-corrected chi connectivity index (χ3v) is 3.30. The van der Waals surface area contributed by atoms with Gasteiger partial charge >= 0.3 is 0 Å². The van der Waals surface area contributed by atoms with Crippen LogP contribution in [0.3, 0.4) is 0 Å². The number of pyridine rings is 1. The van der Waals surface area contributed by atoms with Crippen molar-refractivity contribution < 1.29 is 4.79 Å². The monoisotopic (exact) mass is 233 g/mol. The highest BCUT2D eigenvalue weighted by Gasteiger charge is 2.17. The number of nitrogens with two attached hydrogens (primary N) is 1. The lowest BCUT2D eigenvalue weighted by atomic mass is 9.98. The number of nitrogens with one attached hydrogen (secondary N) is 1. The topological polar surface area (TPSA) is 68.0 Å². The zero-order valence-electron chi connectivity index (χ0n) is 10.2. The minimum Gasteiger partial charge on any atom is -0.383 e. The van der Waals surface area contributed by atoms with Crippen molar-refractivity contribution in [1.82, 2.24) is 10.3 Å². The Hall–Kier alpha value is -1.42. The van der Waals surface area contributed by atoms with Crippen molar-refractivity contribution in [2.45, 2.75) is 26.2 Å². The molecule has 1 fully saturated rings. The quantitative estimate of drug-likeness (QED) is 0.774. The largest absolute Gasteiger partial charge is 0.383 e. The van der Waals surface area contributed by atoms with Gasteiger partial charge in [0.05, 0.1) is 5.56 Å². The van der Waals surface area contributed by atoms with Crippen LogP contribution in [0, 0.1) is 12.8 Å². The molecule has 1 unspecified atom stereocenters. The Morgan fingerprint density at radius 1 is 1.65 bits per heavy atom. The highest BCUT2D eigenvalue weighted by Crippen LogP contribution is 2.19. The summed E-state index contributed by atoms with van der Waals surface area (Å²) >= 11 is 0. The smallest absolute Gasteiger partial charge is 0.166 e. The van der Waals surface area contributed by atoms with Crippen LogP contribution in [-0.4, -0.2) is 23.9 Å². The molecule has 1 saturated heterocycles. The van der Waals surface area contributed by atoms with Crippen LogP contribution >= 0.6 is 0 Å². The van der Waals surface area contributed by atoms with Gasteiger partial charge in [-0.1, -0.05) is 0 Å². The van der Waals surface area contributed by atoms with E-state index in [4.69, 9.17) is 5.73 Å². The summed E-state index contributed by atoms with van der Waals surface area (Å²) in [4.78, 5) is 16.1. The highest BCUT2D eigenvalue weighted by molar-refractivity contribution is 6.00. The Bertz CT molecular complexity index is 411. The first kappa shape index (κ1) is 12.0. The van der Waals surface area contributed by atoms with Crippen molar-refractivity contribution in [3.8, 4) is 0 Å². The molecule has 0 amide bonds. The van der Waals surface area contributed by atoms with Gasteiger partial charge in [0.2, 0.25) is 0 Å². The van der Waals surface area contributed by atoms with Gasteiger partial charge < -0.3 is 11.1 Å². The maximum Gasteiger partial charge on any atom is 0.166 e. The SMILES string of the molecule is Cc1cnc(N)c(C(=O)CCC2CCNC2)c1. The molecule has 1 aliphatic rings. The van der Waals surface area contributed by atoms with E-state index in [-0.39, 0.29) is 5.78 Å². The van der Waals surface area contributed by atoms with E-state index in [9.17, 15) is 4.79 Å². The average Bonchev–Trinajstić information content (AvgIpc) is 2.82. The maximum absolute atomic E-state index is 12.0. The lowest BCUT2D eigenvalue weighted by Crippen LogP contribution is -2.11. The molecule has 4 heteroatoms. The molecule has 4 nitrogen and oxygen atoms in total. The molecule has 1 aromatic rings. The summed E-state index contributed by atoms with van der Waals surface area (Å²) in [5.41, 5.74) is 7.29. The van der Waals surface area contributed by atoms with Crippen LogP contribution in [0.4, 0.5) is 5.82 Å². The standard InChI is InChI=1S/C13H19N3O/c1-9-6-11(13(14)16-7-9)12(17)3-2-10-4-5-15-8-10/h6-7,10,15H,2-5,8H2,1H3,(H2,14,16). The molecule has 17 heavy (non-hydrogen) atoms. The molecule has 0 spiro atoms. The van der Waals surface area contributed by atoms with Gasteiger partial charge in [-0.05, 0) is 50.4 Å². The van der Waals surface area contributed by atoms with Crippen LogP contribution < -0.4 is 11.1 Å². The second kappa shape index (κ2) is 5.27. The zero-order chi connectivity index (χ0) is 12.3. The van der Waals surface area contributed by atoms with E-state index in [1.165, 1.54) is 6.42 Å². The van der Waals surface area contributed by atoms with Gasteiger partial charge in [0.15, 0.2) is 5.78 Å². The Morgan fingerprint density at radius 3 is 3.18 bits per heavy atom. The number of carbonyl (C=O) groups excluding carboxylic acids is 1. The minimum absolute atomic E-state index is 0.116. The summed E-state index contributed by atoms with van der Waals surface area (Å²) in [5.74, 6) is 1.11. The molecular weight excluding hydrogens is 214 g/mol. The minimum atomic E-state index is 0.116. The molecule has 2 rings (SSSR count). The first-order chi connectivity index (χ1) is 8.16. The number of aromatic nitrogens is 1. The molecular formula is C13H19N3O. The van der Waals surface area contributed by atoms with Crippen molar-refractivity contribution in [3.63, 3.8) is 0 Å². The van der Waals surface area contributed by atoms with Gasteiger partial charge in [0, 0.05) is 12.6 Å². The first-order valence-electron chi connectivity index (χ1n) is 6.13. The van der Waals surface area contributed by atoms with Crippen LogP contribution in [0.25, 0.3) is 0 Å². The molecule has 1 aromatic heterocycles. The summed E-state index contributed by atoms with van der Waals surface area (Å²) in [6.07, 6.45) is 4.38. The molecule has 1 aliphatic heterocycles. The second-order valence-corrected chi connectivity index (χ2v) is 4.77. The van der Waals surface area contributed by atoms with Crippen molar-refractivity contribution in [2.24, 2.45) is 5.92 Å². The average molecular weight is 233 g/mol. The number of ketones is 1. The van der Waals surface area contributed by atoms with Crippen LogP contribution in [0.15, 0.2) is 12.3 Å². The fraction of sp³-hybridized carbons (Fsp3) is 0.538. The summed E-state index contributed by atoms with van der Waals surface area (Å²) in [6, 6.07) is 1.83. The van der Waals surface area contributed by atoms with Crippen LogP contribution in [0.2, 0.25) is 0 Å². The normalized spacial score (nSPS) is 19.5. The molecule has 0 aliphatic carbocycles. The number of nitrogen functional groups attached to an aromatic ring is 1. The number of anilines is 1. The van der Waals surface area contributed by atoms with Gasteiger partial charge in [0.25, 0.3) is 0 Å². The summed E-state index contributed by atoms with van der Waals surface area (Å²) in [6.45, 7) is 4.03. The third-order valence-electron chi connectivity index (χ3n) is 3.30. The van der Waals surface area contributed by atoms with E-state index in [2.05, 4.69) is 10.3 Å². The molecule has 3 N–H and O–H groups in total. The van der Waals surface area contributed by atoms with Crippen LogP contribution in [0.1, 0.15) is 35.2 Å². The number of rotatable bonds is 4. The van der Waals surface area contributed by atoms with Gasteiger partial charge in [0.1, 0.15) is 5.82 Å². The van der Waals surface area contributed by atoms with E-state index in [0.717, 1.165) is 25.1 Å². The van der Waals surface area contributed by atoms with Crippen molar-refractivity contribution in [1.29, 1.82) is 0 Å². The van der Waals surface area contributed by atoms with Gasteiger partial charge in [-0.15, -0.1) is 0 Å². The molecule has 1 atom stereocenters. The van der Waals surface area contributed by atoms with E-state index in [1.54, 1.807) is 6.20 Å². The molecule has 0 bridgehead atoms. The summed E-state index contributed by atoms with van der Waals surface area (Å²) < 4.78 is 0. The van der Waals surface area contributed by atoms with Crippen LogP contribution in [0.5, 0.6) is 0 Å². The van der Waals surface area contributed by atoms with Gasteiger partial charge in [-0.2, -0.15) is 0 Å². The molecule has 0 saturated carbocycles. The lowest BCUT2D eigenvalue weighted by molar-refractivity contribution is 0.0975. The van der Waals surface area contributed by atoms with Crippen molar-refractivity contribution in [3.05, 3.63) is 23.4 Å². The van der Waals surface area contributed by atoms with E-state index < -0.39 is 0 Å². The Morgan fingerprint density at radius 2 is 2.47 bits per heavy atom. The summed E-state index contributed by atoms with van der Waals surface area (Å²) in [7, 11) is 0. The zero-order valence-corrected chi connectivity index (χ0v) is 10.2. The lowest BCUT2D eigenvalue weighted by Gasteiger charge is -2.08. The number of carbonyl (C=O) groups is 1. The third kappa shape index (κ3) is 3.03. The number of Topliss-reactive ketones (excluding diaryl/α,β-unsaturated/α-hetero) is 1. The number of nitrogens with zero attached hydrogens (tertiary/aromatic N) is 1. The predicted octanol–water partition coefficient (Wildman–Crippen LogP) is 1.54. The Labute approximate surface area is 102 Å². The Balaban J connectivity index is 1.96. The molecule has 0 radical (unpaired) electrons. The van der Waals surface area contributed by atoms with E-state index in [0.29, 0.717) is 23.7 Å². The van der Waals surface area contributed by atoms with Crippen molar-refractivity contribution >= 4 is 11.6 Å².